The second kappa shape index (κ2) is 6.55. The van der Waals surface area contributed by atoms with Gasteiger partial charge in [-0.2, -0.15) is 0 Å². The lowest BCUT2D eigenvalue weighted by molar-refractivity contribution is 0.100. The number of aryl methyl sites for hydroxylation is 1. The molecule has 1 aromatic carbocycles. The quantitative estimate of drug-likeness (QED) is 0.861. The van der Waals surface area contributed by atoms with Gasteiger partial charge in [0.25, 0.3) is 5.91 Å². The zero-order chi connectivity index (χ0) is 15.6. The van der Waals surface area contributed by atoms with Crippen LogP contribution in [0.2, 0.25) is 10.0 Å². The van der Waals surface area contributed by atoms with E-state index in [0.717, 1.165) is 0 Å². The minimum Gasteiger partial charge on any atom is -0.494 e. The van der Waals surface area contributed by atoms with E-state index in [1.807, 2.05) is 6.26 Å². The highest BCUT2D eigenvalue weighted by molar-refractivity contribution is 7.98. The van der Waals surface area contributed by atoms with E-state index in [2.05, 4.69) is 15.6 Å². The van der Waals surface area contributed by atoms with Crippen molar-refractivity contribution in [1.82, 2.24) is 14.9 Å². The Hall–Kier alpha value is -1.44. The van der Waals surface area contributed by atoms with Crippen LogP contribution in [0.15, 0.2) is 17.3 Å². The third-order valence-electron chi connectivity index (χ3n) is 2.65. The molecular formula is C12H12Cl2N4O2S. The number of hydrogen-bond acceptors (Lipinski definition) is 5. The third-order valence-corrected chi connectivity index (χ3v) is 3.78. The van der Waals surface area contributed by atoms with Crippen molar-refractivity contribution in [1.29, 1.82) is 0 Å². The number of nitrogens with zero attached hydrogens (tertiary/aromatic N) is 3. The third kappa shape index (κ3) is 3.25. The van der Waals surface area contributed by atoms with E-state index in [9.17, 15) is 4.79 Å². The summed E-state index contributed by atoms with van der Waals surface area (Å²) in [6, 6.07) is 3.00. The molecule has 0 atom stereocenters. The molecule has 1 amide bonds. The van der Waals surface area contributed by atoms with Gasteiger partial charge in [0.15, 0.2) is 0 Å². The Balaban J connectivity index is 2.39. The maximum absolute atomic E-state index is 12.4. The number of hydrogen-bond donors (Lipinski definition) is 1. The lowest BCUT2D eigenvalue weighted by Gasteiger charge is -2.13. The first-order valence-corrected chi connectivity index (χ1v) is 7.76. The average molecular weight is 347 g/mol. The molecule has 1 N–H and O–H groups in total. The van der Waals surface area contributed by atoms with Crippen molar-refractivity contribution in [3.8, 4) is 5.75 Å². The zero-order valence-electron chi connectivity index (χ0n) is 11.5. The van der Waals surface area contributed by atoms with Crippen molar-refractivity contribution in [3.63, 3.8) is 0 Å². The van der Waals surface area contributed by atoms with E-state index in [4.69, 9.17) is 27.9 Å². The Morgan fingerprint density at radius 3 is 2.71 bits per heavy atom. The molecule has 112 valence electrons. The summed E-state index contributed by atoms with van der Waals surface area (Å²) in [5.41, 5.74) is 2.92. The molecule has 0 aliphatic heterocycles. The molecule has 2 aromatic rings. The highest BCUT2D eigenvalue weighted by Crippen LogP contribution is 2.32. The molecule has 0 aliphatic rings. The predicted molar refractivity (Wildman–Crippen MR) is 83.2 cm³/mol. The molecular weight excluding hydrogens is 335 g/mol. The standard InChI is InChI=1S/C12H12Cl2N4O2S/c1-6-15-16-12(21-3)18(6)17-11(19)8-4-7(13)5-9(14)10(8)20-2/h4-5H,1-3H3,(H,17,19). The number of halogens is 2. The van der Waals surface area contributed by atoms with Crippen LogP contribution in [0.5, 0.6) is 5.75 Å². The molecule has 0 radical (unpaired) electrons. The van der Waals surface area contributed by atoms with Gasteiger partial charge in [-0.05, 0) is 25.3 Å². The Kier molecular flexibility index (Phi) is 4.97. The molecule has 21 heavy (non-hydrogen) atoms. The van der Waals surface area contributed by atoms with Crippen molar-refractivity contribution in [2.75, 3.05) is 18.8 Å². The molecule has 0 bridgehead atoms. The summed E-state index contributed by atoms with van der Waals surface area (Å²) in [5, 5.41) is 9.01. The van der Waals surface area contributed by atoms with Gasteiger partial charge < -0.3 is 4.74 Å². The summed E-state index contributed by atoms with van der Waals surface area (Å²) in [6.45, 7) is 1.73. The Labute approximate surface area is 135 Å². The second-order valence-electron chi connectivity index (χ2n) is 3.98. The van der Waals surface area contributed by atoms with Gasteiger partial charge in [-0.3, -0.25) is 10.2 Å². The number of methoxy groups -OCH3 is 1. The van der Waals surface area contributed by atoms with Crippen molar-refractivity contribution < 1.29 is 9.53 Å². The zero-order valence-corrected chi connectivity index (χ0v) is 13.8. The van der Waals surface area contributed by atoms with Gasteiger partial charge in [0, 0.05) is 5.02 Å². The van der Waals surface area contributed by atoms with Gasteiger partial charge in [0.2, 0.25) is 5.16 Å². The molecule has 0 fully saturated rings. The monoisotopic (exact) mass is 346 g/mol. The number of rotatable bonds is 4. The number of benzene rings is 1. The summed E-state index contributed by atoms with van der Waals surface area (Å²) < 4.78 is 6.65. The molecule has 1 aromatic heterocycles. The van der Waals surface area contributed by atoms with Crippen molar-refractivity contribution in [3.05, 3.63) is 33.6 Å². The molecule has 0 aliphatic carbocycles. The van der Waals surface area contributed by atoms with Crippen LogP contribution in [-0.4, -0.2) is 34.1 Å². The van der Waals surface area contributed by atoms with Crippen LogP contribution in [0.4, 0.5) is 0 Å². The predicted octanol–water partition coefficient (Wildman–Crippen LogP) is 3.01. The van der Waals surface area contributed by atoms with Gasteiger partial charge in [-0.25, -0.2) is 4.68 Å². The van der Waals surface area contributed by atoms with E-state index < -0.39 is 5.91 Å². The van der Waals surface area contributed by atoms with Gasteiger partial charge >= 0.3 is 0 Å². The number of carbonyl (C=O) groups excluding carboxylic acids is 1. The number of nitrogens with one attached hydrogen (secondary N) is 1. The Bertz CT molecular complexity index is 690. The molecule has 1 heterocycles. The van der Waals surface area contributed by atoms with Gasteiger partial charge in [0.1, 0.15) is 11.6 Å². The minimum absolute atomic E-state index is 0.232. The summed E-state index contributed by atoms with van der Waals surface area (Å²) in [7, 11) is 1.43. The highest BCUT2D eigenvalue weighted by atomic mass is 35.5. The fourth-order valence-corrected chi connectivity index (χ4v) is 2.76. The maximum Gasteiger partial charge on any atom is 0.274 e. The van der Waals surface area contributed by atoms with Crippen molar-refractivity contribution >= 4 is 40.9 Å². The molecule has 0 spiro atoms. The second-order valence-corrected chi connectivity index (χ2v) is 5.60. The van der Waals surface area contributed by atoms with E-state index in [1.165, 1.54) is 35.7 Å². The van der Waals surface area contributed by atoms with Gasteiger partial charge in [-0.1, -0.05) is 35.0 Å². The number of ether oxygens (including phenoxy) is 1. The van der Waals surface area contributed by atoms with E-state index in [1.54, 1.807) is 6.92 Å². The number of thioether (sulfide) groups is 1. The molecule has 2 rings (SSSR count). The highest BCUT2D eigenvalue weighted by Gasteiger charge is 2.19. The first kappa shape index (κ1) is 15.9. The minimum atomic E-state index is -0.422. The lowest BCUT2D eigenvalue weighted by Crippen LogP contribution is -2.25. The smallest absolute Gasteiger partial charge is 0.274 e. The molecule has 0 saturated heterocycles. The fourth-order valence-electron chi connectivity index (χ4n) is 1.70. The maximum atomic E-state index is 12.4. The van der Waals surface area contributed by atoms with Gasteiger partial charge in [0.05, 0.1) is 17.7 Å². The molecule has 0 saturated carbocycles. The van der Waals surface area contributed by atoms with E-state index in [-0.39, 0.29) is 16.3 Å². The van der Waals surface area contributed by atoms with Crippen LogP contribution in [-0.2, 0) is 0 Å². The van der Waals surface area contributed by atoms with Crippen molar-refractivity contribution in [2.24, 2.45) is 0 Å². The number of carbonyl (C=O) groups is 1. The number of amides is 1. The molecule has 0 unspecified atom stereocenters. The summed E-state index contributed by atoms with van der Waals surface area (Å²) in [6.07, 6.45) is 1.84. The largest absolute Gasteiger partial charge is 0.494 e. The Morgan fingerprint density at radius 1 is 1.38 bits per heavy atom. The normalized spacial score (nSPS) is 10.5. The van der Waals surface area contributed by atoms with Gasteiger partial charge in [-0.15, -0.1) is 10.2 Å². The van der Waals surface area contributed by atoms with E-state index in [0.29, 0.717) is 16.0 Å². The van der Waals surface area contributed by atoms with Crippen molar-refractivity contribution in [2.45, 2.75) is 12.1 Å². The average Bonchev–Trinajstić information content (AvgIpc) is 2.78. The topological polar surface area (TPSA) is 69.0 Å². The van der Waals surface area contributed by atoms with Crippen LogP contribution in [0.1, 0.15) is 16.2 Å². The van der Waals surface area contributed by atoms with Crippen LogP contribution >= 0.6 is 35.0 Å². The first-order valence-electron chi connectivity index (χ1n) is 5.78. The van der Waals surface area contributed by atoms with Crippen LogP contribution in [0, 0.1) is 6.92 Å². The summed E-state index contributed by atoms with van der Waals surface area (Å²) >= 11 is 13.3. The SMILES string of the molecule is COc1c(Cl)cc(Cl)cc1C(=O)Nn1c(C)nnc1SC. The fraction of sp³-hybridized carbons (Fsp3) is 0.250. The summed E-state index contributed by atoms with van der Waals surface area (Å²) in [4.78, 5) is 12.4. The van der Waals surface area contributed by atoms with E-state index >= 15 is 0 Å². The molecule has 9 heteroatoms. The van der Waals surface area contributed by atoms with Crippen LogP contribution in [0.3, 0.4) is 0 Å². The lowest BCUT2D eigenvalue weighted by atomic mass is 10.2. The number of aromatic nitrogens is 3. The first-order chi connectivity index (χ1) is 9.97. The Morgan fingerprint density at radius 2 is 2.10 bits per heavy atom. The van der Waals surface area contributed by atoms with Crippen LogP contribution < -0.4 is 10.2 Å². The summed E-state index contributed by atoms with van der Waals surface area (Å²) in [5.74, 6) is 0.393. The van der Waals surface area contributed by atoms with Crippen LogP contribution in [0.25, 0.3) is 0 Å². The molecule has 6 nitrogen and oxygen atoms in total.